The molecule has 1 aliphatic rings. The van der Waals surface area contributed by atoms with Gasteiger partial charge in [0.25, 0.3) is 0 Å². The Kier molecular flexibility index (Phi) is 5.06. The lowest BCUT2D eigenvalue weighted by molar-refractivity contribution is -0.139. The molecule has 0 saturated carbocycles. The normalized spacial score (nSPS) is 14.6. The van der Waals surface area contributed by atoms with E-state index >= 15 is 0 Å². The van der Waals surface area contributed by atoms with E-state index in [2.05, 4.69) is 4.72 Å². The predicted octanol–water partition coefficient (Wildman–Crippen LogP) is 1.91. The fourth-order valence-corrected chi connectivity index (χ4v) is 4.01. The van der Waals surface area contributed by atoms with Crippen molar-refractivity contribution in [2.75, 3.05) is 12.4 Å². The van der Waals surface area contributed by atoms with Crippen molar-refractivity contribution < 1.29 is 23.1 Å². The Morgan fingerprint density at radius 3 is 2.68 bits per heavy atom. The zero-order valence-corrected chi connectivity index (χ0v) is 14.3. The molecule has 1 heterocycles. The van der Waals surface area contributed by atoms with E-state index in [1.807, 2.05) is 18.2 Å². The highest BCUT2D eigenvalue weighted by molar-refractivity contribution is 7.89. The van der Waals surface area contributed by atoms with Crippen molar-refractivity contribution in [3.05, 3.63) is 65.2 Å². The van der Waals surface area contributed by atoms with Gasteiger partial charge in [0.2, 0.25) is 10.0 Å². The van der Waals surface area contributed by atoms with E-state index in [0.29, 0.717) is 18.6 Å². The summed E-state index contributed by atoms with van der Waals surface area (Å²) in [7, 11) is -3.75. The summed E-state index contributed by atoms with van der Waals surface area (Å²) in [5.74, 6) is -0.562. The molecule has 2 aromatic rings. The van der Waals surface area contributed by atoms with Gasteiger partial charge in [-0.3, -0.25) is 4.79 Å². The molecule has 1 atom stereocenters. The predicted molar refractivity (Wildman–Crippen MR) is 93.1 cm³/mol. The number of benzene rings is 2. The second kappa shape index (κ2) is 7.25. The topological polar surface area (TPSA) is 92.7 Å². The molecular weight excluding hydrogens is 342 g/mol. The summed E-state index contributed by atoms with van der Waals surface area (Å²) >= 11 is 0. The molecular formula is C18H19NO5S. The van der Waals surface area contributed by atoms with Gasteiger partial charge in [-0.15, -0.1) is 0 Å². The number of hydrogen-bond acceptors (Lipinski definition) is 4. The molecule has 0 spiro atoms. The molecule has 25 heavy (non-hydrogen) atoms. The molecule has 0 unspecified atom stereocenters. The molecule has 1 aliphatic heterocycles. The zero-order chi connectivity index (χ0) is 17.9. The van der Waals surface area contributed by atoms with Crippen LogP contribution in [0.2, 0.25) is 0 Å². The number of fused-ring (bicyclic) bond motifs is 1. The lowest BCUT2D eigenvalue weighted by Crippen LogP contribution is -2.35. The van der Waals surface area contributed by atoms with Crippen molar-refractivity contribution >= 4 is 16.0 Å². The van der Waals surface area contributed by atoms with Crippen LogP contribution in [0.5, 0.6) is 5.75 Å². The third kappa shape index (κ3) is 4.37. The monoisotopic (exact) mass is 361 g/mol. The maximum absolute atomic E-state index is 12.3. The summed E-state index contributed by atoms with van der Waals surface area (Å²) in [4.78, 5) is 11.4. The van der Waals surface area contributed by atoms with Crippen LogP contribution in [0.4, 0.5) is 0 Å². The van der Waals surface area contributed by atoms with Gasteiger partial charge in [0.05, 0.1) is 12.4 Å². The van der Waals surface area contributed by atoms with Gasteiger partial charge in [-0.2, -0.15) is 4.72 Å². The number of ether oxygens (including phenoxy) is 1. The number of aryl methyl sites for hydroxylation is 1. The van der Waals surface area contributed by atoms with Crippen molar-refractivity contribution in [3.63, 3.8) is 0 Å². The van der Waals surface area contributed by atoms with Gasteiger partial charge in [0.15, 0.2) is 0 Å². The average Bonchev–Trinajstić information content (AvgIpc) is 3.06. The van der Waals surface area contributed by atoms with Gasteiger partial charge in [-0.25, -0.2) is 8.42 Å². The van der Waals surface area contributed by atoms with Gasteiger partial charge < -0.3 is 9.84 Å². The minimum atomic E-state index is -3.75. The van der Waals surface area contributed by atoms with Crippen LogP contribution in [-0.2, 0) is 27.7 Å². The Morgan fingerprint density at radius 2 is 1.96 bits per heavy atom. The second-order valence-electron chi connectivity index (χ2n) is 5.91. The van der Waals surface area contributed by atoms with Gasteiger partial charge in [-0.1, -0.05) is 42.5 Å². The van der Waals surface area contributed by atoms with E-state index in [-0.39, 0.29) is 5.75 Å². The Morgan fingerprint density at radius 1 is 1.20 bits per heavy atom. The molecule has 0 aromatic heterocycles. The van der Waals surface area contributed by atoms with Gasteiger partial charge in [0, 0.05) is 6.42 Å². The van der Waals surface area contributed by atoms with E-state index in [0.717, 1.165) is 23.3 Å². The minimum Gasteiger partial charge on any atom is -0.493 e. The molecule has 2 aromatic carbocycles. The van der Waals surface area contributed by atoms with Crippen molar-refractivity contribution in [2.45, 2.75) is 18.9 Å². The lowest BCUT2D eigenvalue weighted by Gasteiger charge is -2.15. The van der Waals surface area contributed by atoms with Crippen LogP contribution < -0.4 is 9.46 Å². The van der Waals surface area contributed by atoms with Crippen LogP contribution in [0, 0.1) is 0 Å². The number of rotatable bonds is 7. The molecule has 0 radical (unpaired) electrons. The summed E-state index contributed by atoms with van der Waals surface area (Å²) in [5.41, 5.74) is 2.37. The van der Waals surface area contributed by atoms with E-state index in [1.54, 1.807) is 30.3 Å². The third-order valence-electron chi connectivity index (χ3n) is 4.09. The Bertz CT molecular complexity index is 864. The van der Waals surface area contributed by atoms with Gasteiger partial charge >= 0.3 is 5.97 Å². The van der Waals surface area contributed by atoms with E-state index in [9.17, 15) is 18.3 Å². The zero-order valence-electron chi connectivity index (χ0n) is 13.5. The van der Waals surface area contributed by atoms with Crippen molar-refractivity contribution in [1.82, 2.24) is 4.72 Å². The maximum Gasteiger partial charge on any atom is 0.326 e. The third-order valence-corrected chi connectivity index (χ3v) is 5.43. The summed E-state index contributed by atoms with van der Waals surface area (Å²) in [6, 6.07) is 12.6. The van der Waals surface area contributed by atoms with Crippen LogP contribution in [0.25, 0.3) is 0 Å². The van der Waals surface area contributed by atoms with E-state index < -0.39 is 22.0 Å². The largest absolute Gasteiger partial charge is 0.493 e. The SMILES string of the molecule is O=C(O)[C@@H](NS(=O)(=O)CCc1ccc2c(c1)CCO2)c1ccccc1. The Hall–Kier alpha value is -2.38. The lowest BCUT2D eigenvalue weighted by atomic mass is 10.1. The Labute approximate surface area is 146 Å². The van der Waals surface area contributed by atoms with Crippen LogP contribution in [0.15, 0.2) is 48.5 Å². The number of sulfonamides is 1. The number of aliphatic carboxylic acids is 1. The molecule has 0 bridgehead atoms. The summed E-state index contributed by atoms with van der Waals surface area (Å²) in [6.07, 6.45) is 1.13. The minimum absolute atomic E-state index is 0.177. The van der Waals surface area contributed by atoms with Crippen LogP contribution in [-0.4, -0.2) is 31.9 Å². The molecule has 0 aliphatic carbocycles. The van der Waals surface area contributed by atoms with Crippen LogP contribution in [0.3, 0.4) is 0 Å². The molecule has 2 N–H and O–H groups in total. The smallest absolute Gasteiger partial charge is 0.326 e. The number of nitrogens with one attached hydrogen (secondary N) is 1. The van der Waals surface area contributed by atoms with E-state index in [1.165, 1.54) is 0 Å². The molecule has 3 rings (SSSR count). The van der Waals surface area contributed by atoms with Gasteiger partial charge in [0.1, 0.15) is 11.8 Å². The maximum atomic E-state index is 12.3. The number of carboxylic acids is 1. The molecule has 6 nitrogen and oxygen atoms in total. The van der Waals surface area contributed by atoms with Crippen LogP contribution >= 0.6 is 0 Å². The fourth-order valence-electron chi connectivity index (χ4n) is 2.79. The standard InChI is InChI=1S/C18H19NO5S/c20-18(21)17(14-4-2-1-3-5-14)19-25(22,23)11-9-13-6-7-16-15(12-13)8-10-24-16/h1-7,12,17,19H,8-11H2,(H,20,21)/t17-/m0/s1. The Balaban J connectivity index is 1.68. The fraction of sp³-hybridized carbons (Fsp3) is 0.278. The molecule has 0 fully saturated rings. The second-order valence-corrected chi connectivity index (χ2v) is 7.78. The molecule has 0 amide bonds. The first kappa shape index (κ1) is 17.4. The molecule has 7 heteroatoms. The first-order valence-corrected chi connectivity index (χ1v) is 9.62. The summed E-state index contributed by atoms with van der Waals surface area (Å²) in [5, 5.41) is 9.34. The quantitative estimate of drug-likeness (QED) is 0.786. The van der Waals surface area contributed by atoms with Crippen molar-refractivity contribution in [2.24, 2.45) is 0 Å². The van der Waals surface area contributed by atoms with Crippen molar-refractivity contribution in [3.8, 4) is 5.75 Å². The van der Waals surface area contributed by atoms with E-state index in [4.69, 9.17) is 4.74 Å². The average molecular weight is 361 g/mol. The first-order valence-electron chi connectivity index (χ1n) is 7.97. The van der Waals surface area contributed by atoms with Crippen LogP contribution in [0.1, 0.15) is 22.7 Å². The summed E-state index contributed by atoms with van der Waals surface area (Å²) in [6.45, 7) is 0.649. The number of carboxylic acid groups (broad SMARTS) is 1. The highest BCUT2D eigenvalue weighted by atomic mass is 32.2. The van der Waals surface area contributed by atoms with Crippen molar-refractivity contribution in [1.29, 1.82) is 0 Å². The highest BCUT2D eigenvalue weighted by Crippen LogP contribution is 2.26. The number of carbonyl (C=O) groups is 1. The highest BCUT2D eigenvalue weighted by Gasteiger charge is 2.25. The van der Waals surface area contributed by atoms with Gasteiger partial charge in [-0.05, 0) is 29.2 Å². The number of hydrogen-bond donors (Lipinski definition) is 2. The molecule has 132 valence electrons. The first-order chi connectivity index (χ1) is 11.9. The molecule has 0 saturated heterocycles. The summed E-state index contributed by atoms with van der Waals surface area (Å²) < 4.78 is 32.4.